The van der Waals surface area contributed by atoms with Crippen molar-refractivity contribution in [3.63, 3.8) is 0 Å². The number of carbonyl (C=O) groups excluding carboxylic acids is 1. The molecule has 1 atom stereocenters. The number of fused-ring (bicyclic) bond motifs is 1. The van der Waals surface area contributed by atoms with Crippen molar-refractivity contribution >= 4 is 6.09 Å². The Labute approximate surface area is 93.5 Å². The minimum absolute atomic E-state index is 0.0761. The van der Waals surface area contributed by atoms with Crippen LogP contribution in [0.3, 0.4) is 0 Å². The highest BCUT2D eigenvalue weighted by atomic mass is 16.5. The molecule has 1 N–H and O–H groups in total. The van der Waals surface area contributed by atoms with E-state index in [-0.39, 0.29) is 12.1 Å². The lowest BCUT2D eigenvalue weighted by Gasteiger charge is -2.23. The molecule has 1 fully saturated rings. The van der Waals surface area contributed by atoms with Gasteiger partial charge in [-0.25, -0.2) is 4.79 Å². The minimum atomic E-state index is -0.326. The third kappa shape index (κ3) is 1.60. The maximum atomic E-state index is 11.1. The van der Waals surface area contributed by atoms with E-state index in [1.807, 2.05) is 12.1 Å². The SMILES string of the molecule is O=C1N[C@H](c2ccc3c(c2)CCO3)CCO1. The normalized spacial score (nSPS) is 23.0. The van der Waals surface area contributed by atoms with Crippen LogP contribution in [0.1, 0.15) is 23.6 Å². The molecule has 3 rings (SSSR count). The fourth-order valence-electron chi connectivity index (χ4n) is 2.20. The molecule has 1 amide bonds. The summed E-state index contributed by atoms with van der Waals surface area (Å²) in [5.41, 5.74) is 2.37. The highest BCUT2D eigenvalue weighted by molar-refractivity contribution is 5.68. The molecule has 0 saturated carbocycles. The predicted octanol–water partition coefficient (Wildman–Crippen LogP) is 1.79. The zero-order valence-corrected chi connectivity index (χ0v) is 8.86. The van der Waals surface area contributed by atoms with E-state index in [0.29, 0.717) is 6.61 Å². The van der Waals surface area contributed by atoms with E-state index < -0.39 is 0 Å². The first-order valence-electron chi connectivity index (χ1n) is 5.52. The summed E-state index contributed by atoms with van der Waals surface area (Å²) in [6.45, 7) is 1.25. The molecule has 1 aromatic rings. The Bertz CT molecular complexity index is 430. The van der Waals surface area contributed by atoms with Gasteiger partial charge in [-0.15, -0.1) is 0 Å². The van der Waals surface area contributed by atoms with Gasteiger partial charge in [0.05, 0.1) is 19.3 Å². The molecule has 0 spiro atoms. The molecule has 16 heavy (non-hydrogen) atoms. The standard InChI is InChI=1S/C12H13NO3/c14-12-13-10(4-6-16-12)8-1-2-11-9(7-8)3-5-15-11/h1-2,7,10H,3-6H2,(H,13,14)/t10-/m0/s1. The summed E-state index contributed by atoms with van der Waals surface area (Å²) in [5.74, 6) is 0.974. The van der Waals surface area contributed by atoms with Gasteiger partial charge in [-0.05, 0) is 23.3 Å². The zero-order chi connectivity index (χ0) is 11.0. The van der Waals surface area contributed by atoms with Gasteiger partial charge in [0.1, 0.15) is 5.75 Å². The van der Waals surface area contributed by atoms with Crippen LogP contribution < -0.4 is 10.1 Å². The van der Waals surface area contributed by atoms with Crippen molar-refractivity contribution < 1.29 is 14.3 Å². The Hall–Kier alpha value is -1.71. The lowest BCUT2D eigenvalue weighted by molar-refractivity contribution is 0.115. The summed E-state index contributed by atoms with van der Waals surface area (Å²) in [6, 6.07) is 6.20. The van der Waals surface area contributed by atoms with Gasteiger partial charge in [0, 0.05) is 12.8 Å². The molecule has 4 heteroatoms. The molecule has 84 valence electrons. The van der Waals surface area contributed by atoms with Crippen LogP contribution in [-0.4, -0.2) is 19.3 Å². The van der Waals surface area contributed by atoms with Crippen LogP contribution in [-0.2, 0) is 11.2 Å². The van der Waals surface area contributed by atoms with E-state index in [4.69, 9.17) is 9.47 Å². The smallest absolute Gasteiger partial charge is 0.407 e. The summed E-state index contributed by atoms with van der Waals surface area (Å²) in [6.07, 6.45) is 1.46. The third-order valence-corrected chi connectivity index (χ3v) is 3.05. The van der Waals surface area contributed by atoms with Gasteiger partial charge in [0.15, 0.2) is 0 Å². The molecule has 2 heterocycles. The molecule has 0 radical (unpaired) electrons. The van der Waals surface area contributed by atoms with Crippen LogP contribution in [0.2, 0.25) is 0 Å². The molecule has 0 bridgehead atoms. The van der Waals surface area contributed by atoms with Crippen molar-refractivity contribution in [1.82, 2.24) is 5.32 Å². The van der Waals surface area contributed by atoms with E-state index in [2.05, 4.69) is 11.4 Å². The number of ether oxygens (including phenoxy) is 2. The van der Waals surface area contributed by atoms with Gasteiger partial charge in [-0.1, -0.05) is 6.07 Å². The van der Waals surface area contributed by atoms with Crippen LogP contribution in [0.25, 0.3) is 0 Å². The highest BCUT2D eigenvalue weighted by Crippen LogP contribution is 2.29. The van der Waals surface area contributed by atoms with Crippen molar-refractivity contribution in [3.05, 3.63) is 29.3 Å². The number of nitrogens with one attached hydrogen (secondary N) is 1. The summed E-state index contributed by atoms with van der Waals surface area (Å²) in [5, 5.41) is 2.82. The summed E-state index contributed by atoms with van der Waals surface area (Å²) >= 11 is 0. The maximum Gasteiger partial charge on any atom is 0.407 e. The second-order valence-electron chi connectivity index (χ2n) is 4.09. The Balaban J connectivity index is 1.86. The fourth-order valence-corrected chi connectivity index (χ4v) is 2.20. The first-order valence-corrected chi connectivity index (χ1v) is 5.52. The number of alkyl carbamates (subject to hydrolysis) is 1. The van der Waals surface area contributed by atoms with Gasteiger partial charge in [-0.2, -0.15) is 0 Å². The molecule has 0 unspecified atom stereocenters. The first kappa shape index (κ1) is 9.51. The van der Waals surface area contributed by atoms with Crippen LogP contribution in [0.5, 0.6) is 5.75 Å². The molecule has 0 aromatic heterocycles. The summed E-state index contributed by atoms with van der Waals surface area (Å²) < 4.78 is 10.3. The number of cyclic esters (lactones) is 1. The van der Waals surface area contributed by atoms with Crippen molar-refractivity contribution in [2.24, 2.45) is 0 Å². The van der Waals surface area contributed by atoms with Gasteiger partial charge in [0.2, 0.25) is 0 Å². The largest absolute Gasteiger partial charge is 0.493 e. The van der Waals surface area contributed by atoms with E-state index in [9.17, 15) is 4.79 Å². The second kappa shape index (κ2) is 3.70. The molecular weight excluding hydrogens is 206 g/mol. The third-order valence-electron chi connectivity index (χ3n) is 3.05. The number of benzene rings is 1. The molecule has 0 aliphatic carbocycles. The summed E-state index contributed by atoms with van der Waals surface area (Å²) in [7, 11) is 0. The lowest BCUT2D eigenvalue weighted by atomic mass is 10.00. The highest BCUT2D eigenvalue weighted by Gasteiger charge is 2.22. The lowest BCUT2D eigenvalue weighted by Crippen LogP contribution is -2.35. The Morgan fingerprint density at radius 3 is 3.06 bits per heavy atom. The van der Waals surface area contributed by atoms with Crippen molar-refractivity contribution in [2.45, 2.75) is 18.9 Å². The second-order valence-corrected chi connectivity index (χ2v) is 4.09. The monoisotopic (exact) mass is 219 g/mol. The van der Waals surface area contributed by atoms with Gasteiger partial charge >= 0.3 is 6.09 Å². The van der Waals surface area contributed by atoms with E-state index >= 15 is 0 Å². The molecule has 2 aliphatic rings. The predicted molar refractivity (Wildman–Crippen MR) is 57.5 cm³/mol. The number of amides is 1. The number of hydrogen-bond acceptors (Lipinski definition) is 3. The van der Waals surface area contributed by atoms with Crippen LogP contribution >= 0.6 is 0 Å². The van der Waals surface area contributed by atoms with E-state index in [1.165, 1.54) is 5.56 Å². The molecular formula is C12H13NO3. The molecule has 2 aliphatic heterocycles. The average Bonchev–Trinajstić information content (AvgIpc) is 2.75. The molecule has 1 aromatic carbocycles. The van der Waals surface area contributed by atoms with Gasteiger partial charge in [-0.3, -0.25) is 0 Å². The molecule has 1 saturated heterocycles. The van der Waals surface area contributed by atoms with Gasteiger partial charge < -0.3 is 14.8 Å². The number of hydrogen-bond donors (Lipinski definition) is 1. The van der Waals surface area contributed by atoms with Gasteiger partial charge in [0.25, 0.3) is 0 Å². The quantitative estimate of drug-likeness (QED) is 0.783. The van der Waals surface area contributed by atoms with Crippen molar-refractivity contribution in [2.75, 3.05) is 13.2 Å². The van der Waals surface area contributed by atoms with Crippen LogP contribution in [0.15, 0.2) is 18.2 Å². The summed E-state index contributed by atoms with van der Waals surface area (Å²) in [4.78, 5) is 11.1. The topological polar surface area (TPSA) is 47.6 Å². The van der Waals surface area contributed by atoms with Crippen molar-refractivity contribution in [1.29, 1.82) is 0 Å². The Kier molecular flexibility index (Phi) is 2.20. The van der Waals surface area contributed by atoms with E-state index in [1.54, 1.807) is 0 Å². The minimum Gasteiger partial charge on any atom is -0.493 e. The van der Waals surface area contributed by atoms with E-state index in [0.717, 1.165) is 30.8 Å². The van der Waals surface area contributed by atoms with Crippen molar-refractivity contribution in [3.8, 4) is 5.75 Å². The maximum absolute atomic E-state index is 11.1. The Morgan fingerprint density at radius 1 is 1.25 bits per heavy atom. The molecule has 4 nitrogen and oxygen atoms in total. The Morgan fingerprint density at radius 2 is 2.19 bits per heavy atom. The average molecular weight is 219 g/mol. The van der Waals surface area contributed by atoms with Crippen LogP contribution in [0.4, 0.5) is 4.79 Å². The number of carbonyl (C=O) groups is 1. The first-order chi connectivity index (χ1) is 7.83. The fraction of sp³-hybridized carbons (Fsp3) is 0.417. The number of rotatable bonds is 1. The zero-order valence-electron chi connectivity index (χ0n) is 8.86. The van der Waals surface area contributed by atoms with Crippen LogP contribution in [0, 0.1) is 0 Å².